The van der Waals surface area contributed by atoms with E-state index in [4.69, 9.17) is 4.74 Å². The van der Waals surface area contributed by atoms with Gasteiger partial charge in [0.05, 0.1) is 5.54 Å². The maximum atomic E-state index is 13.5. The average molecular weight is 368 g/mol. The van der Waals surface area contributed by atoms with Crippen molar-refractivity contribution in [2.75, 3.05) is 0 Å². The van der Waals surface area contributed by atoms with Gasteiger partial charge in [0.15, 0.2) is 0 Å². The zero-order chi connectivity index (χ0) is 15.9. The van der Waals surface area contributed by atoms with Crippen LogP contribution < -0.4 is 5.32 Å². The standard InChI is InChI=1S/C15H24BrF2NO2/c1-13(2,3)21-12(20)19-14(8-15(17,18)9-14)10-4-6-11(16)7-5-10/h10-11H,4-9H2,1-3H3,(H,19,20)/t10-,11+. The molecule has 6 heteroatoms. The molecule has 0 aromatic heterocycles. The van der Waals surface area contributed by atoms with Gasteiger partial charge < -0.3 is 10.1 Å². The number of ether oxygens (including phenoxy) is 1. The van der Waals surface area contributed by atoms with Crippen LogP contribution in [0.1, 0.15) is 59.3 Å². The minimum absolute atomic E-state index is 0.110. The zero-order valence-corrected chi connectivity index (χ0v) is 14.4. The largest absolute Gasteiger partial charge is 0.444 e. The molecular weight excluding hydrogens is 344 g/mol. The second-order valence-electron chi connectivity index (χ2n) is 7.44. The smallest absolute Gasteiger partial charge is 0.408 e. The van der Waals surface area contributed by atoms with Gasteiger partial charge in [-0.05, 0) is 52.4 Å². The highest BCUT2D eigenvalue weighted by molar-refractivity contribution is 9.09. The average Bonchev–Trinajstić information content (AvgIpc) is 2.23. The molecule has 122 valence electrons. The number of nitrogens with one attached hydrogen (secondary N) is 1. The molecular formula is C15H24BrF2NO2. The lowest BCUT2D eigenvalue weighted by Gasteiger charge is -2.53. The molecule has 0 bridgehead atoms. The molecule has 0 atom stereocenters. The van der Waals surface area contributed by atoms with E-state index in [1.807, 2.05) is 0 Å². The van der Waals surface area contributed by atoms with Gasteiger partial charge in [-0.1, -0.05) is 15.9 Å². The number of rotatable bonds is 2. The molecule has 3 nitrogen and oxygen atoms in total. The number of hydrogen-bond donors (Lipinski definition) is 1. The van der Waals surface area contributed by atoms with Crippen LogP contribution in [-0.2, 0) is 4.74 Å². The van der Waals surface area contributed by atoms with Crippen LogP contribution in [0.25, 0.3) is 0 Å². The zero-order valence-electron chi connectivity index (χ0n) is 12.8. The van der Waals surface area contributed by atoms with Crippen molar-refractivity contribution in [3.05, 3.63) is 0 Å². The molecule has 0 aliphatic heterocycles. The van der Waals surface area contributed by atoms with Gasteiger partial charge in [-0.3, -0.25) is 0 Å². The summed E-state index contributed by atoms with van der Waals surface area (Å²) in [5.41, 5.74) is -1.41. The summed E-state index contributed by atoms with van der Waals surface area (Å²) in [4.78, 5) is 12.5. The van der Waals surface area contributed by atoms with Gasteiger partial charge in [0.25, 0.3) is 5.92 Å². The predicted octanol–water partition coefficient (Wildman–Crippen LogP) is 4.63. The Labute approximate surface area is 133 Å². The van der Waals surface area contributed by atoms with Crippen molar-refractivity contribution >= 4 is 22.0 Å². The highest BCUT2D eigenvalue weighted by Gasteiger charge is 2.61. The first-order valence-electron chi connectivity index (χ1n) is 7.54. The summed E-state index contributed by atoms with van der Waals surface area (Å²) in [6.07, 6.45) is 2.54. The van der Waals surface area contributed by atoms with Crippen molar-refractivity contribution < 1.29 is 18.3 Å². The van der Waals surface area contributed by atoms with Crippen LogP contribution in [0.15, 0.2) is 0 Å². The molecule has 0 aromatic carbocycles. The van der Waals surface area contributed by atoms with E-state index < -0.39 is 23.2 Å². The van der Waals surface area contributed by atoms with E-state index in [2.05, 4.69) is 21.2 Å². The van der Waals surface area contributed by atoms with Crippen molar-refractivity contribution in [3.63, 3.8) is 0 Å². The van der Waals surface area contributed by atoms with Crippen LogP contribution in [0.4, 0.5) is 13.6 Å². The van der Waals surface area contributed by atoms with E-state index >= 15 is 0 Å². The molecule has 2 fully saturated rings. The summed E-state index contributed by atoms with van der Waals surface area (Å²) in [5.74, 6) is -2.56. The van der Waals surface area contributed by atoms with E-state index in [9.17, 15) is 13.6 Å². The summed E-state index contributed by atoms with van der Waals surface area (Å²) in [5, 5.41) is 2.77. The van der Waals surface area contributed by atoms with Crippen molar-refractivity contribution in [3.8, 4) is 0 Å². The van der Waals surface area contributed by atoms with Gasteiger partial charge >= 0.3 is 6.09 Å². The Balaban J connectivity index is 2.03. The highest BCUT2D eigenvalue weighted by atomic mass is 79.9. The number of carbonyl (C=O) groups is 1. The molecule has 2 rings (SSSR count). The molecule has 2 aliphatic rings. The molecule has 0 spiro atoms. The second-order valence-corrected chi connectivity index (χ2v) is 8.74. The molecule has 0 heterocycles. The van der Waals surface area contributed by atoms with Gasteiger partial charge in [-0.2, -0.15) is 0 Å². The topological polar surface area (TPSA) is 38.3 Å². The Morgan fingerprint density at radius 3 is 2.14 bits per heavy atom. The first-order chi connectivity index (χ1) is 9.51. The lowest BCUT2D eigenvalue weighted by molar-refractivity contribution is -0.154. The summed E-state index contributed by atoms with van der Waals surface area (Å²) in [7, 11) is 0. The minimum atomic E-state index is -2.67. The Morgan fingerprint density at radius 1 is 1.19 bits per heavy atom. The van der Waals surface area contributed by atoms with E-state index in [-0.39, 0.29) is 18.8 Å². The molecule has 2 saturated carbocycles. The van der Waals surface area contributed by atoms with E-state index in [0.717, 1.165) is 25.7 Å². The highest BCUT2D eigenvalue weighted by Crippen LogP contribution is 2.53. The monoisotopic (exact) mass is 367 g/mol. The molecule has 0 radical (unpaired) electrons. The first kappa shape index (κ1) is 17.0. The van der Waals surface area contributed by atoms with Gasteiger partial charge in [0, 0.05) is 17.7 Å². The molecule has 21 heavy (non-hydrogen) atoms. The third kappa shape index (κ3) is 4.30. The summed E-state index contributed by atoms with van der Waals surface area (Å²) in [6, 6.07) is 0. The van der Waals surface area contributed by atoms with Gasteiger partial charge in [0.1, 0.15) is 5.60 Å². The number of alkyl carbamates (subject to hydrolysis) is 1. The van der Waals surface area contributed by atoms with Gasteiger partial charge in [-0.15, -0.1) is 0 Å². The third-order valence-corrected chi connectivity index (χ3v) is 5.25. The maximum absolute atomic E-state index is 13.5. The van der Waals surface area contributed by atoms with E-state index in [0.29, 0.717) is 4.83 Å². The minimum Gasteiger partial charge on any atom is -0.444 e. The normalized spacial score (nSPS) is 31.1. The maximum Gasteiger partial charge on any atom is 0.408 e. The SMILES string of the molecule is CC(C)(C)OC(=O)NC1([C@H]2CC[C@@H](Br)CC2)CC(F)(F)C1. The van der Waals surface area contributed by atoms with Crippen LogP contribution in [-0.4, -0.2) is 28.0 Å². The van der Waals surface area contributed by atoms with E-state index in [1.165, 1.54) is 0 Å². The Kier molecular flexibility index (Phi) is 4.58. The summed E-state index contributed by atoms with van der Waals surface area (Å²) >= 11 is 3.58. The van der Waals surface area contributed by atoms with Gasteiger partial charge in [-0.25, -0.2) is 13.6 Å². The molecule has 2 aliphatic carbocycles. The third-order valence-electron chi connectivity index (χ3n) is 4.34. The molecule has 0 saturated heterocycles. The lowest BCUT2D eigenvalue weighted by atomic mass is 9.61. The Hall–Kier alpha value is -0.390. The van der Waals surface area contributed by atoms with Crippen LogP contribution in [0.5, 0.6) is 0 Å². The first-order valence-corrected chi connectivity index (χ1v) is 8.46. The van der Waals surface area contributed by atoms with Crippen LogP contribution in [0.3, 0.4) is 0 Å². The summed E-state index contributed by atoms with van der Waals surface area (Å²) in [6.45, 7) is 5.31. The van der Waals surface area contributed by atoms with Crippen LogP contribution >= 0.6 is 15.9 Å². The number of carbonyl (C=O) groups excluding carboxylic acids is 1. The number of amides is 1. The molecule has 1 N–H and O–H groups in total. The number of hydrogen-bond acceptors (Lipinski definition) is 2. The fourth-order valence-electron chi connectivity index (χ4n) is 3.46. The predicted molar refractivity (Wildman–Crippen MR) is 81.0 cm³/mol. The quantitative estimate of drug-likeness (QED) is 0.722. The second kappa shape index (κ2) is 5.67. The van der Waals surface area contributed by atoms with Crippen LogP contribution in [0.2, 0.25) is 0 Å². The van der Waals surface area contributed by atoms with Crippen molar-refractivity contribution in [2.45, 2.75) is 81.2 Å². The molecule has 0 unspecified atom stereocenters. The van der Waals surface area contributed by atoms with Gasteiger partial charge in [0.2, 0.25) is 0 Å². The van der Waals surface area contributed by atoms with E-state index in [1.54, 1.807) is 20.8 Å². The Morgan fingerprint density at radius 2 is 1.71 bits per heavy atom. The number of alkyl halides is 3. The van der Waals surface area contributed by atoms with Crippen molar-refractivity contribution in [2.24, 2.45) is 5.92 Å². The number of halogens is 3. The molecule has 0 aromatic rings. The molecule has 1 amide bonds. The fourth-order valence-corrected chi connectivity index (χ4v) is 3.99. The summed E-state index contributed by atoms with van der Waals surface area (Å²) < 4.78 is 32.1. The fraction of sp³-hybridized carbons (Fsp3) is 0.933. The Bertz CT molecular complexity index is 393. The van der Waals surface area contributed by atoms with Crippen molar-refractivity contribution in [1.29, 1.82) is 0 Å². The van der Waals surface area contributed by atoms with Crippen LogP contribution in [0, 0.1) is 5.92 Å². The lowest BCUT2D eigenvalue weighted by Crippen LogP contribution is -2.66. The van der Waals surface area contributed by atoms with Crippen molar-refractivity contribution in [1.82, 2.24) is 5.32 Å².